The van der Waals surface area contributed by atoms with Crippen molar-refractivity contribution in [3.63, 3.8) is 0 Å². The van der Waals surface area contributed by atoms with Gasteiger partial charge in [0.1, 0.15) is 17.9 Å². The Morgan fingerprint density at radius 3 is 2.44 bits per heavy atom. The van der Waals surface area contributed by atoms with Gasteiger partial charge in [0, 0.05) is 22.4 Å². The second kappa shape index (κ2) is 9.59. The molecular weight excluding hydrogens is 352 g/mol. The van der Waals surface area contributed by atoms with Crippen molar-refractivity contribution in [1.29, 1.82) is 0 Å². The molecule has 25 heavy (non-hydrogen) atoms. The molecule has 3 nitrogen and oxygen atoms in total. The second-order valence-electron chi connectivity index (χ2n) is 5.09. The van der Waals surface area contributed by atoms with Crippen LogP contribution in [0.5, 0.6) is 5.75 Å². The van der Waals surface area contributed by atoms with Crippen LogP contribution in [0.4, 0.5) is 0 Å². The molecule has 0 aliphatic rings. The van der Waals surface area contributed by atoms with Gasteiger partial charge in [0.05, 0.1) is 0 Å². The van der Waals surface area contributed by atoms with Crippen LogP contribution >= 0.6 is 21.6 Å². The lowest BCUT2D eigenvalue weighted by Crippen LogP contribution is -1.99. The molecule has 3 rings (SSSR count). The van der Waals surface area contributed by atoms with Crippen LogP contribution < -0.4 is 10.4 Å². The predicted molar refractivity (Wildman–Crippen MR) is 109 cm³/mol. The Balaban J connectivity index is 0.00000109. The maximum absolute atomic E-state index is 11.5. The molecule has 5 heteroatoms. The van der Waals surface area contributed by atoms with E-state index in [1.165, 1.54) is 11.0 Å². The molecule has 1 heterocycles. The van der Waals surface area contributed by atoms with Crippen molar-refractivity contribution in [2.45, 2.75) is 32.3 Å². The average Bonchev–Trinajstić information content (AvgIpc) is 2.62. The first-order chi connectivity index (χ1) is 12.2. The van der Waals surface area contributed by atoms with Crippen LogP contribution in [0.2, 0.25) is 0 Å². The third kappa shape index (κ3) is 5.31. The lowest BCUT2D eigenvalue weighted by molar-refractivity contribution is 0.306. The molecule has 0 unspecified atom stereocenters. The van der Waals surface area contributed by atoms with Crippen LogP contribution in [0.3, 0.4) is 0 Å². The van der Waals surface area contributed by atoms with E-state index >= 15 is 0 Å². The zero-order valence-corrected chi connectivity index (χ0v) is 16.5. The van der Waals surface area contributed by atoms with E-state index in [1.54, 1.807) is 27.7 Å². The summed E-state index contributed by atoms with van der Waals surface area (Å²) < 4.78 is 11.0. The van der Waals surface area contributed by atoms with Crippen LogP contribution in [-0.4, -0.2) is 6.26 Å². The summed E-state index contributed by atoms with van der Waals surface area (Å²) in [7, 11) is 3.46. The number of hydrogen-bond acceptors (Lipinski definition) is 5. The van der Waals surface area contributed by atoms with Crippen molar-refractivity contribution < 1.29 is 9.15 Å². The molecule has 1 aromatic heterocycles. The number of fused-ring (bicyclic) bond motifs is 1. The average molecular weight is 375 g/mol. The van der Waals surface area contributed by atoms with Gasteiger partial charge in [-0.1, -0.05) is 47.6 Å². The van der Waals surface area contributed by atoms with Gasteiger partial charge < -0.3 is 9.15 Å². The molecular formula is C20H22O3S2. The highest BCUT2D eigenvalue weighted by Crippen LogP contribution is 2.28. The van der Waals surface area contributed by atoms with E-state index in [9.17, 15) is 4.79 Å². The van der Waals surface area contributed by atoms with Gasteiger partial charge in [0.25, 0.3) is 0 Å². The minimum Gasteiger partial charge on any atom is -0.489 e. The first-order valence-electron chi connectivity index (χ1n) is 8.12. The van der Waals surface area contributed by atoms with Crippen molar-refractivity contribution in [1.82, 2.24) is 0 Å². The van der Waals surface area contributed by atoms with Gasteiger partial charge in [-0.3, -0.25) is 0 Å². The maximum Gasteiger partial charge on any atom is 0.336 e. The topological polar surface area (TPSA) is 39.4 Å². The van der Waals surface area contributed by atoms with Gasteiger partial charge in [-0.2, -0.15) is 0 Å². The fourth-order valence-corrected chi connectivity index (χ4v) is 3.65. The summed E-state index contributed by atoms with van der Waals surface area (Å²) >= 11 is 0. The van der Waals surface area contributed by atoms with Crippen molar-refractivity contribution in [2.24, 2.45) is 0 Å². The Morgan fingerprint density at radius 2 is 1.76 bits per heavy atom. The molecule has 0 bridgehead atoms. The van der Waals surface area contributed by atoms with Crippen LogP contribution in [0.25, 0.3) is 11.0 Å². The highest BCUT2D eigenvalue weighted by molar-refractivity contribution is 8.76. The van der Waals surface area contributed by atoms with E-state index in [0.717, 1.165) is 16.5 Å². The molecule has 3 aromatic rings. The van der Waals surface area contributed by atoms with Crippen LogP contribution in [0.1, 0.15) is 25.0 Å². The molecule has 0 amide bonds. The highest BCUT2D eigenvalue weighted by atomic mass is 33.1. The molecule has 0 saturated heterocycles. The van der Waals surface area contributed by atoms with Gasteiger partial charge in [0.2, 0.25) is 0 Å². The fraction of sp³-hybridized carbons (Fsp3) is 0.250. The fourth-order valence-electron chi connectivity index (χ4n) is 2.30. The van der Waals surface area contributed by atoms with Crippen LogP contribution in [0.15, 0.2) is 62.6 Å². The van der Waals surface area contributed by atoms with E-state index in [-0.39, 0.29) is 5.63 Å². The Bertz CT molecular complexity index is 870. The summed E-state index contributed by atoms with van der Waals surface area (Å²) in [5, 5.41) is 0.926. The zero-order valence-electron chi connectivity index (χ0n) is 14.9. The third-order valence-electron chi connectivity index (χ3n) is 3.43. The lowest BCUT2D eigenvalue weighted by Gasteiger charge is -2.08. The quantitative estimate of drug-likeness (QED) is 0.400. The SMILES string of the molecule is CC.CSSc1ccc(COc2ccc3c(C)cc(=O)oc3c2)cc1. The van der Waals surface area contributed by atoms with Gasteiger partial charge in [-0.15, -0.1) is 0 Å². The molecule has 132 valence electrons. The first kappa shape index (κ1) is 19.5. The Morgan fingerprint density at radius 1 is 1.04 bits per heavy atom. The summed E-state index contributed by atoms with van der Waals surface area (Å²) in [6, 6.07) is 15.4. The van der Waals surface area contributed by atoms with E-state index in [0.29, 0.717) is 17.9 Å². The monoisotopic (exact) mass is 374 g/mol. The third-order valence-corrected chi connectivity index (χ3v) is 5.14. The van der Waals surface area contributed by atoms with Gasteiger partial charge in [0.15, 0.2) is 0 Å². The normalized spacial score (nSPS) is 10.2. The van der Waals surface area contributed by atoms with Crippen molar-refractivity contribution in [3.8, 4) is 5.75 Å². The van der Waals surface area contributed by atoms with Crippen LogP contribution in [-0.2, 0) is 6.61 Å². The molecule has 0 fully saturated rings. The highest BCUT2D eigenvalue weighted by Gasteiger charge is 2.04. The smallest absolute Gasteiger partial charge is 0.336 e. The summed E-state index contributed by atoms with van der Waals surface area (Å²) in [6.07, 6.45) is 2.06. The molecule has 2 aromatic carbocycles. The summed E-state index contributed by atoms with van der Waals surface area (Å²) in [4.78, 5) is 12.7. The standard InChI is InChI=1S/C18H16O3S2.C2H6/c1-12-9-18(19)21-17-10-14(5-8-16(12)17)20-11-13-3-6-15(7-4-13)23-22-2;1-2/h3-10H,11H2,1-2H3;1-2H3. The van der Waals surface area contributed by atoms with Crippen molar-refractivity contribution in [2.75, 3.05) is 6.26 Å². The summed E-state index contributed by atoms with van der Waals surface area (Å²) in [5.41, 5.74) is 2.22. The number of benzene rings is 2. The maximum atomic E-state index is 11.5. The first-order valence-corrected chi connectivity index (χ1v) is 10.7. The minimum absolute atomic E-state index is 0.339. The predicted octanol–water partition coefficient (Wildman–Crippen LogP) is 6.08. The molecule has 0 saturated carbocycles. The molecule has 0 spiro atoms. The molecule has 0 atom stereocenters. The lowest BCUT2D eigenvalue weighted by atomic mass is 10.1. The van der Waals surface area contributed by atoms with Gasteiger partial charge >= 0.3 is 5.63 Å². The van der Waals surface area contributed by atoms with E-state index in [4.69, 9.17) is 9.15 Å². The van der Waals surface area contributed by atoms with Gasteiger partial charge in [-0.25, -0.2) is 4.79 Å². The Hall–Kier alpha value is -1.85. The molecule has 0 radical (unpaired) electrons. The summed E-state index contributed by atoms with van der Waals surface area (Å²) in [5.74, 6) is 0.689. The van der Waals surface area contributed by atoms with E-state index in [1.807, 2.05) is 32.9 Å². The molecule has 0 N–H and O–H groups in total. The molecule has 0 aliphatic carbocycles. The Kier molecular flexibility index (Phi) is 7.47. The van der Waals surface area contributed by atoms with Gasteiger partial charge in [-0.05, 0) is 48.6 Å². The van der Waals surface area contributed by atoms with Crippen molar-refractivity contribution >= 4 is 32.6 Å². The minimum atomic E-state index is -0.339. The number of hydrogen-bond donors (Lipinski definition) is 0. The largest absolute Gasteiger partial charge is 0.489 e. The van der Waals surface area contributed by atoms with E-state index in [2.05, 4.69) is 30.5 Å². The second-order valence-corrected chi connectivity index (χ2v) is 7.56. The number of rotatable bonds is 5. The van der Waals surface area contributed by atoms with Crippen LogP contribution in [0, 0.1) is 6.92 Å². The molecule has 0 aliphatic heterocycles. The Labute approximate surface area is 156 Å². The van der Waals surface area contributed by atoms with E-state index < -0.39 is 0 Å². The summed E-state index contributed by atoms with van der Waals surface area (Å²) in [6.45, 7) is 6.37. The zero-order chi connectivity index (χ0) is 18.2. The number of ether oxygens (including phenoxy) is 1. The number of aryl methyl sites for hydroxylation is 1. The van der Waals surface area contributed by atoms with Crippen molar-refractivity contribution in [3.05, 3.63) is 70.1 Å².